The quantitative estimate of drug-likeness (QED) is 0.806. The topological polar surface area (TPSA) is 83.1 Å². The molecular formula is C14H15N5O. The normalized spacial score (nSPS) is 18.8. The lowest BCUT2D eigenvalue weighted by atomic mass is 9.93. The Morgan fingerprint density at radius 1 is 1.45 bits per heavy atom. The first kappa shape index (κ1) is 12.5. The Balaban J connectivity index is 2.13. The molecule has 1 aromatic heterocycles. The van der Waals surface area contributed by atoms with Gasteiger partial charge in [0.1, 0.15) is 5.49 Å². The summed E-state index contributed by atoms with van der Waals surface area (Å²) in [5.74, 6) is 0.0251. The van der Waals surface area contributed by atoms with Crippen LogP contribution in [0, 0.1) is 11.3 Å². The summed E-state index contributed by atoms with van der Waals surface area (Å²) in [6, 6.07) is 5.72. The van der Waals surface area contributed by atoms with E-state index in [-0.39, 0.29) is 11.8 Å². The molecule has 0 fully saturated rings. The third-order valence-corrected chi connectivity index (χ3v) is 3.53. The first-order valence-corrected chi connectivity index (χ1v) is 6.43. The van der Waals surface area contributed by atoms with E-state index in [1.165, 1.54) is 0 Å². The van der Waals surface area contributed by atoms with Gasteiger partial charge in [-0.05, 0) is 12.1 Å². The van der Waals surface area contributed by atoms with Crippen LogP contribution in [0.3, 0.4) is 0 Å². The Morgan fingerprint density at radius 2 is 2.25 bits per heavy atom. The SMILES string of the molecule is CC1CC(=O)NN=C1c1ccc2c(=N)n(C)cnc2c1. The number of nitrogens with zero attached hydrogens (tertiary/aromatic N) is 3. The predicted octanol–water partition coefficient (Wildman–Crippen LogP) is 0.913. The van der Waals surface area contributed by atoms with Crippen molar-refractivity contribution in [2.75, 3.05) is 0 Å². The molecule has 0 saturated carbocycles. The summed E-state index contributed by atoms with van der Waals surface area (Å²) in [7, 11) is 1.80. The van der Waals surface area contributed by atoms with E-state index in [0.717, 1.165) is 22.2 Å². The van der Waals surface area contributed by atoms with Gasteiger partial charge in [-0.3, -0.25) is 10.2 Å². The lowest BCUT2D eigenvalue weighted by molar-refractivity contribution is -0.121. The molecule has 0 bridgehead atoms. The molecule has 1 atom stereocenters. The number of hydrazone groups is 1. The third kappa shape index (κ3) is 1.99. The zero-order chi connectivity index (χ0) is 14.3. The molecule has 6 heteroatoms. The van der Waals surface area contributed by atoms with Gasteiger partial charge >= 0.3 is 0 Å². The molecule has 1 aliphatic heterocycles. The summed E-state index contributed by atoms with van der Waals surface area (Å²) in [4.78, 5) is 15.6. The van der Waals surface area contributed by atoms with Gasteiger partial charge in [-0.1, -0.05) is 13.0 Å². The lowest BCUT2D eigenvalue weighted by Crippen LogP contribution is -2.32. The number of rotatable bonds is 1. The van der Waals surface area contributed by atoms with Gasteiger partial charge in [-0.2, -0.15) is 5.10 Å². The van der Waals surface area contributed by atoms with Crippen molar-refractivity contribution in [2.24, 2.45) is 18.1 Å². The minimum absolute atomic E-state index is 0.0550. The van der Waals surface area contributed by atoms with Crippen LogP contribution >= 0.6 is 0 Å². The fraction of sp³-hybridized carbons (Fsp3) is 0.286. The third-order valence-electron chi connectivity index (χ3n) is 3.53. The number of hydrogen-bond acceptors (Lipinski definition) is 4. The Labute approximate surface area is 115 Å². The fourth-order valence-electron chi connectivity index (χ4n) is 2.40. The molecule has 1 unspecified atom stereocenters. The molecule has 0 radical (unpaired) electrons. The van der Waals surface area contributed by atoms with E-state index in [4.69, 9.17) is 5.41 Å². The highest BCUT2D eigenvalue weighted by Gasteiger charge is 2.21. The van der Waals surface area contributed by atoms with Gasteiger partial charge in [0.15, 0.2) is 0 Å². The minimum Gasteiger partial charge on any atom is -0.320 e. The summed E-state index contributed by atoms with van der Waals surface area (Å²) >= 11 is 0. The highest BCUT2D eigenvalue weighted by molar-refractivity contribution is 6.07. The number of nitrogens with one attached hydrogen (secondary N) is 2. The summed E-state index contributed by atoms with van der Waals surface area (Å²) in [6.45, 7) is 1.98. The maximum atomic E-state index is 11.3. The van der Waals surface area contributed by atoms with Crippen molar-refractivity contribution in [1.82, 2.24) is 15.0 Å². The van der Waals surface area contributed by atoms with Crippen LogP contribution in [0.2, 0.25) is 0 Å². The van der Waals surface area contributed by atoms with Crippen molar-refractivity contribution in [3.8, 4) is 0 Å². The molecule has 2 heterocycles. The highest BCUT2D eigenvalue weighted by Crippen LogP contribution is 2.18. The number of benzene rings is 1. The van der Waals surface area contributed by atoms with Crippen LogP contribution in [0.15, 0.2) is 29.6 Å². The Kier molecular flexibility index (Phi) is 2.85. The zero-order valence-electron chi connectivity index (χ0n) is 11.3. The van der Waals surface area contributed by atoms with Crippen molar-refractivity contribution >= 4 is 22.5 Å². The van der Waals surface area contributed by atoms with Crippen LogP contribution < -0.4 is 10.9 Å². The zero-order valence-corrected chi connectivity index (χ0v) is 11.3. The van der Waals surface area contributed by atoms with E-state index in [9.17, 15) is 4.79 Å². The van der Waals surface area contributed by atoms with Gasteiger partial charge in [0.2, 0.25) is 5.91 Å². The molecule has 102 valence electrons. The molecule has 0 spiro atoms. The molecule has 1 aliphatic rings. The van der Waals surface area contributed by atoms with Gasteiger partial charge in [-0.15, -0.1) is 0 Å². The number of carbonyl (C=O) groups excluding carboxylic acids is 1. The largest absolute Gasteiger partial charge is 0.320 e. The maximum absolute atomic E-state index is 11.3. The van der Waals surface area contributed by atoms with Crippen molar-refractivity contribution in [3.63, 3.8) is 0 Å². The van der Waals surface area contributed by atoms with E-state index >= 15 is 0 Å². The monoisotopic (exact) mass is 269 g/mol. The average Bonchev–Trinajstić information content (AvgIpc) is 2.43. The number of aryl methyl sites for hydroxylation is 1. The second-order valence-electron chi connectivity index (χ2n) is 5.07. The molecule has 3 rings (SSSR count). The van der Waals surface area contributed by atoms with Crippen LogP contribution in [-0.4, -0.2) is 21.2 Å². The van der Waals surface area contributed by atoms with Gasteiger partial charge in [0.05, 0.1) is 17.6 Å². The standard InChI is InChI=1S/C14H15N5O/c1-8-5-12(20)17-18-13(8)9-3-4-10-11(6-9)16-7-19(2)14(10)15/h3-4,6-8,15H,5H2,1-2H3,(H,17,20). The number of hydrogen-bond donors (Lipinski definition) is 2. The van der Waals surface area contributed by atoms with Crippen LogP contribution in [0.5, 0.6) is 0 Å². The Bertz CT molecular complexity index is 790. The van der Waals surface area contributed by atoms with E-state index in [2.05, 4.69) is 15.5 Å². The first-order chi connectivity index (χ1) is 9.56. The van der Waals surface area contributed by atoms with E-state index < -0.39 is 0 Å². The number of aromatic nitrogens is 2. The number of carbonyl (C=O) groups is 1. The summed E-state index contributed by atoms with van der Waals surface area (Å²) in [5, 5.41) is 12.9. The van der Waals surface area contributed by atoms with Crippen LogP contribution in [0.1, 0.15) is 18.9 Å². The number of amides is 1. The average molecular weight is 269 g/mol. The van der Waals surface area contributed by atoms with Crippen molar-refractivity contribution in [3.05, 3.63) is 35.6 Å². The molecular weight excluding hydrogens is 254 g/mol. The van der Waals surface area contributed by atoms with Gasteiger partial charge in [0, 0.05) is 30.3 Å². The molecule has 2 N–H and O–H groups in total. The van der Waals surface area contributed by atoms with Gasteiger partial charge < -0.3 is 4.57 Å². The highest BCUT2D eigenvalue weighted by atomic mass is 16.2. The molecule has 6 nitrogen and oxygen atoms in total. The molecule has 1 aromatic carbocycles. The van der Waals surface area contributed by atoms with Crippen molar-refractivity contribution in [2.45, 2.75) is 13.3 Å². The first-order valence-electron chi connectivity index (χ1n) is 6.43. The number of fused-ring (bicyclic) bond motifs is 1. The smallest absolute Gasteiger partial charge is 0.240 e. The molecule has 0 saturated heterocycles. The molecule has 2 aromatic rings. The van der Waals surface area contributed by atoms with Crippen LogP contribution in [-0.2, 0) is 11.8 Å². The summed E-state index contributed by atoms with van der Waals surface area (Å²) in [5.41, 5.74) is 5.49. The minimum atomic E-state index is -0.0550. The maximum Gasteiger partial charge on any atom is 0.240 e. The predicted molar refractivity (Wildman–Crippen MR) is 75.0 cm³/mol. The van der Waals surface area contributed by atoms with Crippen molar-refractivity contribution in [1.29, 1.82) is 5.41 Å². The second kappa shape index (κ2) is 4.56. The Hall–Kier alpha value is -2.50. The molecule has 1 amide bonds. The van der Waals surface area contributed by atoms with Crippen LogP contribution in [0.25, 0.3) is 10.9 Å². The molecule has 20 heavy (non-hydrogen) atoms. The van der Waals surface area contributed by atoms with Gasteiger partial charge in [-0.25, -0.2) is 10.4 Å². The van der Waals surface area contributed by atoms with E-state index in [1.54, 1.807) is 17.9 Å². The second-order valence-corrected chi connectivity index (χ2v) is 5.07. The Morgan fingerprint density at radius 3 is 3.00 bits per heavy atom. The van der Waals surface area contributed by atoms with Crippen molar-refractivity contribution < 1.29 is 4.79 Å². The summed E-state index contributed by atoms with van der Waals surface area (Å²) in [6.07, 6.45) is 2.07. The van der Waals surface area contributed by atoms with E-state index in [0.29, 0.717) is 11.9 Å². The lowest BCUT2D eigenvalue weighted by Gasteiger charge is -2.19. The van der Waals surface area contributed by atoms with Crippen LogP contribution in [0.4, 0.5) is 0 Å². The van der Waals surface area contributed by atoms with Gasteiger partial charge in [0.25, 0.3) is 0 Å². The summed E-state index contributed by atoms with van der Waals surface area (Å²) < 4.78 is 1.67. The fourth-order valence-corrected chi connectivity index (χ4v) is 2.40. The molecule has 0 aliphatic carbocycles. The van der Waals surface area contributed by atoms with E-state index in [1.807, 2.05) is 25.1 Å².